The molecule has 3 rings (SSSR count). The predicted molar refractivity (Wildman–Crippen MR) is 92.0 cm³/mol. The molecule has 0 saturated carbocycles. The zero-order chi connectivity index (χ0) is 17.8. The molecule has 1 fully saturated rings. The number of nitrogens with one attached hydrogen (secondary N) is 1. The van der Waals surface area contributed by atoms with Crippen molar-refractivity contribution in [3.8, 4) is 5.75 Å². The van der Waals surface area contributed by atoms with Crippen LogP contribution in [0.5, 0.6) is 5.75 Å². The zero-order valence-corrected chi connectivity index (χ0v) is 14.0. The molecule has 1 aliphatic heterocycles. The summed E-state index contributed by atoms with van der Waals surface area (Å²) in [5, 5.41) is 2.67. The van der Waals surface area contributed by atoms with Crippen LogP contribution in [-0.2, 0) is 6.54 Å². The number of ether oxygens (including phenoxy) is 1. The SMILES string of the molecule is COc1ccc(CNC(=O)c2ccc(N3CCCC3)c(F)c2)cc1F. The van der Waals surface area contributed by atoms with Gasteiger partial charge in [-0.2, -0.15) is 0 Å². The normalized spacial score (nSPS) is 13.8. The summed E-state index contributed by atoms with van der Waals surface area (Å²) < 4.78 is 32.8. The van der Waals surface area contributed by atoms with Crippen molar-refractivity contribution >= 4 is 11.6 Å². The number of methoxy groups -OCH3 is 1. The molecule has 1 amide bonds. The van der Waals surface area contributed by atoms with Crippen LogP contribution in [0.1, 0.15) is 28.8 Å². The molecule has 0 aliphatic carbocycles. The number of hydrogen-bond acceptors (Lipinski definition) is 3. The molecule has 1 N–H and O–H groups in total. The van der Waals surface area contributed by atoms with Crippen LogP contribution in [0.3, 0.4) is 0 Å². The molecule has 4 nitrogen and oxygen atoms in total. The number of nitrogens with zero attached hydrogens (tertiary/aromatic N) is 1. The van der Waals surface area contributed by atoms with Crippen LogP contribution < -0.4 is 15.0 Å². The Morgan fingerprint density at radius 3 is 2.52 bits per heavy atom. The van der Waals surface area contributed by atoms with Crippen LogP contribution in [0.25, 0.3) is 0 Å². The average Bonchev–Trinajstić information content (AvgIpc) is 3.14. The predicted octanol–water partition coefficient (Wildman–Crippen LogP) is 3.50. The number of anilines is 1. The smallest absolute Gasteiger partial charge is 0.251 e. The van der Waals surface area contributed by atoms with Crippen LogP contribution >= 0.6 is 0 Å². The first kappa shape index (κ1) is 17.2. The summed E-state index contributed by atoms with van der Waals surface area (Å²) in [6.45, 7) is 1.83. The van der Waals surface area contributed by atoms with Gasteiger partial charge in [-0.1, -0.05) is 6.07 Å². The molecule has 1 aliphatic rings. The van der Waals surface area contributed by atoms with E-state index in [1.807, 2.05) is 4.90 Å². The lowest BCUT2D eigenvalue weighted by atomic mass is 10.1. The van der Waals surface area contributed by atoms with E-state index in [4.69, 9.17) is 4.74 Å². The molecule has 6 heteroatoms. The van der Waals surface area contributed by atoms with E-state index >= 15 is 0 Å². The highest BCUT2D eigenvalue weighted by molar-refractivity contribution is 5.94. The maximum Gasteiger partial charge on any atom is 0.251 e. The van der Waals surface area contributed by atoms with Gasteiger partial charge in [0.1, 0.15) is 5.82 Å². The third-order valence-electron chi connectivity index (χ3n) is 4.33. The van der Waals surface area contributed by atoms with Crippen LogP contribution in [0, 0.1) is 11.6 Å². The van der Waals surface area contributed by atoms with Crippen molar-refractivity contribution in [1.82, 2.24) is 5.32 Å². The number of benzene rings is 2. The highest BCUT2D eigenvalue weighted by atomic mass is 19.1. The Hall–Kier alpha value is -2.63. The lowest BCUT2D eigenvalue weighted by molar-refractivity contribution is 0.0950. The minimum Gasteiger partial charge on any atom is -0.494 e. The van der Waals surface area contributed by atoms with E-state index in [9.17, 15) is 13.6 Å². The van der Waals surface area contributed by atoms with Gasteiger partial charge in [0.25, 0.3) is 5.91 Å². The molecule has 2 aromatic rings. The molecule has 2 aromatic carbocycles. The van der Waals surface area contributed by atoms with Crippen LogP contribution in [0.2, 0.25) is 0 Å². The Labute approximate surface area is 145 Å². The molecular weight excluding hydrogens is 326 g/mol. The molecule has 0 atom stereocenters. The summed E-state index contributed by atoms with van der Waals surface area (Å²) in [4.78, 5) is 14.2. The minimum absolute atomic E-state index is 0.148. The fourth-order valence-electron chi connectivity index (χ4n) is 2.97. The molecule has 132 valence electrons. The van der Waals surface area contributed by atoms with Crippen molar-refractivity contribution in [2.45, 2.75) is 19.4 Å². The first-order chi connectivity index (χ1) is 12.1. The van der Waals surface area contributed by atoms with Crippen molar-refractivity contribution in [3.63, 3.8) is 0 Å². The summed E-state index contributed by atoms with van der Waals surface area (Å²) in [5.41, 5.74) is 1.38. The molecule has 0 spiro atoms. The van der Waals surface area contributed by atoms with E-state index in [0.29, 0.717) is 11.3 Å². The maximum atomic E-state index is 14.3. The van der Waals surface area contributed by atoms with Crippen molar-refractivity contribution in [3.05, 3.63) is 59.2 Å². The third kappa shape index (κ3) is 3.90. The summed E-state index contributed by atoms with van der Waals surface area (Å²) in [6.07, 6.45) is 2.11. The molecule has 1 saturated heterocycles. The summed E-state index contributed by atoms with van der Waals surface area (Å²) >= 11 is 0. The van der Waals surface area contributed by atoms with E-state index in [1.54, 1.807) is 18.2 Å². The minimum atomic E-state index is -0.491. The van der Waals surface area contributed by atoms with Gasteiger partial charge < -0.3 is 15.0 Å². The lowest BCUT2D eigenvalue weighted by Crippen LogP contribution is -2.24. The maximum absolute atomic E-state index is 14.3. The van der Waals surface area contributed by atoms with Gasteiger partial charge >= 0.3 is 0 Å². The Morgan fingerprint density at radius 2 is 1.88 bits per heavy atom. The standard InChI is InChI=1S/C19H20F2N2O2/c1-25-18-7-4-13(10-16(18)21)12-22-19(24)14-5-6-17(15(20)11-14)23-8-2-3-9-23/h4-7,10-11H,2-3,8-9,12H2,1H3,(H,22,24). The highest BCUT2D eigenvalue weighted by Gasteiger charge is 2.17. The second kappa shape index (κ2) is 7.51. The average molecular weight is 346 g/mol. The number of halogens is 2. The summed E-state index contributed by atoms with van der Waals surface area (Å²) in [5.74, 6) is -1.14. The first-order valence-electron chi connectivity index (χ1n) is 8.23. The first-order valence-corrected chi connectivity index (χ1v) is 8.23. The van der Waals surface area contributed by atoms with E-state index in [-0.39, 0.29) is 17.9 Å². The van der Waals surface area contributed by atoms with Gasteiger partial charge in [0.2, 0.25) is 0 Å². The van der Waals surface area contributed by atoms with Gasteiger partial charge in [0, 0.05) is 25.2 Å². The van der Waals surface area contributed by atoms with Crippen molar-refractivity contribution in [2.75, 3.05) is 25.1 Å². The molecular formula is C19H20F2N2O2. The number of carbonyl (C=O) groups is 1. The van der Waals surface area contributed by atoms with Gasteiger partial charge in [0.05, 0.1) is 12.8 Å². The van der Waals surface area contributed by atoms with Crippen molar-refractivity contribution in [2.24, 2.45) is 0 Å². The van der Waals surface area contributed by atoms with Crippen LogP contribution in [0.15, 0.2) is 36.4 Å². The Kier molecular flexibility index (Phi) is 5.16. The molecule has 1 heterocycles. The van der Waals surface area contributed by atoms with Gasteiger partial charge in [0.15, 0.2) is 11.6 Å². The topological polar surface area (TPSA) is 41.6 Å². The molecule has 0 bridgehead atoms. The van der Waals surface area contributed by atoms with Gasteiger partial charge in [-0.25, -0.2) is 8.78 Å². The van der Waals surface area contributed by atoms with Crippen molar-refractivity contribution < 1.29 is 18.3 Å². The fourth-order valence-corrected chi connectivity index (χ4v) is 2.97. The largest absolute Gasteiger partial charge is 0.494 e. The monoisotopic (exact) mass is 346 g/mol. The second-order valence-electron chi connectivity index (χ2n) is 6.01. The van der Waals surface area contributed by atoms with E-state index < -0.39 is 17.5 Å². The molecule has 0 aromatic heterocycles. The molecule has 0 unspecified atom stereocenters. The van der Waals surface area contributed by atoms with E-state index in [1.165, 1.54) is 25.3 Å². The molecule has 25 heavy (non-hydrogen) atoms. The summed E-state index contributed by atoms with van der Waals surface area (Å²) in [7, 11) is 1.39. The number of rotatable bonds is 5. The highest BCUT2D eigenvalue weighted by Crippen LogP contribution is 2.24. The Balaban J connectivity index is 1.65. The fraction of sp³-hybridized carbons (Fsp3) is 0.316. The summed E-state index contributed by atoms with van der Waals surface area (Å²) in [6, 6.07) is 8.97. The molecule has 0 radical (unpaired) electrons. The quantitative estimate of drug-likeness (QED) is 0.901. The van der Waals surface area contributed by atoms with E-state index in [2.05, 4.69) is 5.32 Å². The lowest BCUT2D eigenvalue weighted by Gasteiger charge is -2.18. The zero-order valence-electron chi connectivity index (χ0n) is 14.0. The van der Waals surface area contributed by atoms with E-state index in [0.717, 1.165) is 25.9 Å². The third-order valence-corrected chi connectivity index (χ3v) is 4.33. The van der Waals surface area contributed by atoms with Crippen LogP contribution in [-0.4, -0.2) is 26.1 Å². The van der Waals surface area contributed by atoms with Crippen molar-refractivity contribution in [1.29, 1.82) is 0 Å². The number of amides is 1. The van der Waals surface area contributed by atoms with Gasteiger partial charge in [-0.05, 0) is 48.7 Å². The Morgan fingerprint density at radius 1 is 1.12 bits per heavy atom. The second-order valence-corrected chi connectivity index (χ2v) is 6.01. The van der Waals surface area contributed by atoms with Crippen LogP contribution in [0.4, 0.5) is 14.5 Å². The number of carbonyl (C=O) groups excluding carboxylic acids is 1. The van der Waals surface area contributed by atoms with Gasteiger partial charge in [-0.3, -0.25) is 4.79 Å². The Bertz CT molecular complexity index is 774. The number of hydrogen-bond donors (Lipinski definition) is 1. The van der Waals surface area contributed by atoms with Gasteiger partial charge in [-0.15, -0.1) is 0 Å².